The number of fused-ring (bicyclic) bond motifs is 1. The first-order chi connectivity index (χ1) is 13.2. The van der Waals surface area contributed by atoms with Crippen LogP contribution in [0.4, 0.5) is 0 Å². The van der Waals surface area contributed by atoms with Gasteiger partial charge in [-0.3, -0.25) is 0 Å². The fourth-order valence-corrected chi connectivity index (χ4v) is 7.43. The van der Waals surface area contributed by atoms with Gasteiger partial charge in [0.2, 0.25) is 0 Å². The van der Waals surface area contributed by atoms with E-state index in [1.807, 2.05) is 0 Å². The van der Waals surface area contributed by atoms with Crippen LogP contribution in [0.2, 0.25) is 0 Å². The predicted molar refractivity (Wildman–Crippen MR) is 127 cm³/mol. The molecular formula is C28H52. The van der Waals surface area contributed by atoms with Crippen molar-refractivity contribution in [2.45, 2.75) is 126 Å². The third-order valence-corrected chi connectivity index (χ3v) is 9.53. The first-order valence-electron chi connectivity index (χ1n) is 12.9. The van der Waals surface area contributed by atoms with Crippen LogP contribution in [0, 0.1) is 40.4 Å². The van der Waals surface area contributed by atoms with Gasteiger partial charge in [0.1, 0.15) is 0 Å². The molecule has 0 aromatic heterocycles. The van der Waals surface area contributed by atoms with Crippen LogP contribution >= 0.6 is 0 Å². The largest absolute Gasteiger partial charge is 0.0996 e. The molecule has 0 spiro atoms. The van der Waals surface area contributed by atoms with E-state index in [1.54, 1.807) is 0 Å². The maximum Gasteiger partial charge on any atom is -0.00908 e. The Morgan fingerprint density at radius 1 is 1.11 bits per heavy atom. The van der Waals surface area contributed by atoms with Gasteiger partial charge in [-0.2, -0.15) is 0 Å². The SMILES string of the molecule is C=C(C)C(C)(CCCC)C1CCC2(C)C(CCCCC(C)C)CCC2C1CC. The molecule has 2 fully saturated rings. The summed E-state index contributed by atoms with van der Waals surface area (Å²) < 4.78 is 0. The fourth-order valence-electron chi connectivity index (χ4n) is 7.43. The smallest absolute Gasteiger partial charge is 0.00908 e. The molecule has 0 aliphatic heterocycles. The van der Waals surface area contributed by atoms with Gasteiger partial charge in [-0.05, 0) is 85.9 Å². The average Bonchev–Trinajstić information content (AvgIpc) is 2.98. The van der Waals surface area contributed by atoms with E-state index in [2.05, 4.69) is 55.0 Å². The second-order valence-corrected chi connectivity index (χ2v) is 11.6. The number of allylic oxidation sites excluding steroid dienone is 1. The van der Waals surface area contributed by atoms with E-state index in [1.165, 1.54) is 82.6 Å². The normalized spacial score (nSPS) is 35.0. The molecule has 2 aliphatic carbocycles. The number of hydrogen-bond donors (Lipinski definition) is 0. The molecular weight excluding hydrogens is 336 g/mol. The van der Waals surface area contributed by atoms with Crippen molar-refractivity contribution in [2.24, 2.45) is 40.4 Å². The summed E-state index contributed by atoms with van der Waals surface area (Å²) in [5.41, 5.74) is 2.43. The summed E-state index contributed by atoms with van der Waals surface area (Å²) in [6.07, 6.45) is 17.1. The maximum atomic E-state index is 4.51. The molecule has 28 heavy (non-hydrogen) atoms. The highest BCUT2D eigenvalue weighted by molar-refractivity contribution is 5.13. The van der Waals surface area contributed by atoms with Gasteiger partial charge in [0, 0.05) is 0 Å². The highest BCUT2D eigenvalue weighted by Crippen LogP contribution is 2.64. The zero-order chi connectivity index (χ0) is 20.9. The van der Waals surface area contributed by atoms with Crippen molar-refractivity contribution in [3.63, 3.8) is 0 Å². The third kappa shape index (κ3) is 4.89. The van der Waals surface area contributed by atoms with Gasteiger partial charge < -0.3 is 0 Å². The van der Waals surface area contributed by atoms with Gasteiger partial charge >= 0.3 is 0 Å². The summed E-state index contributed by atoms with van der Waals surface area (Å²) in [6.45, 7) is 21.7. The zero-order valence-corrected chi connectivity index (χ0v) is 20.6. The Balaban J connectivity index is 2.11. The van der Waals surface area contributed by atoms with E-state index >= 15 is 0 Å². The minimum Gasteiger partial charge on any atom is -0.0996 e. The number of rotatable bonds is 11. The lowest BCUT2D eigenvalue weighted by Gasteiger charge is -2.54. The number of unbranched alkanes of at least 4 members (excludes halogenated alkanes) is 2. The summed E-state index contributed by atoms with van der Waals surface area (Å²) >= 11 is 0. The highest BCUT2D eigenvalue weighted by atomic mass is 14.6. The molecule has 0 aromatic rings. The van der Waals surface area contributed by atoms with E-state index in [9.17, 15) is 0 Å². The van der Waals surface area contributed by atoms with Crippen molar-refractivity contribution >= 4 is 0 Å². The molecule has 0 heterocycles. The lowest BCUT2D eigenvalue weighted by molar-refractivity contribution is -0.0343. The van der Waals surface area contributed by atoms with Crippen molar-refractivity contribution < 1.29 is 0 Å². The summed E-state index contributed by atoms with van der Waals surface area (Å²) in [6, 6.07) is 0. The van der Waals surface area contributed by atoms with Gasteiger partial charge in [0.15, 0.2) is 0 Å². The molecule has 6 unspecified atom stereocenters. The van der Waals surface area contributed by atoms with Crippen LogP contribution in [0.15, 0.2) is 12.2 Å². The van der Waals surface area contributed by atoms with Crippen LogP contribution < -0.4 is 0 Å². The van der Waals surface area contributed by atoms with Gasteiger partial charge in [-0.1, -0.05) is 92.2 Å². The van der Waals surface area contributed by atoms with Crippen molar-refractivity contribution in [3.05, 3.63) is 12.2 Å². The number of hydrogen-bond acceptors (Lipinski definition) is 0. The molecule has 0 radical (unpaired) electrons. The van der Waals surface area contributed by atoms with Crippen LogP contribution in [0.25, 0.3) is 0 Å². The minimum atomic E-state index is 0.355. The molecule has 2 rings (SSSR count). The first-order valence-corrected chi connectivity index (χ1v) is 12.9. The van der Waals surface area contributed by atoms with Gasteiger partial charge in [0.25, 0.3) is 0 Å². The maximum absolute atomic E-state index is 4.51. The zero-order valence-electron chi connectivity index (χ0n) is 20.6. The summed E-state index contributed by atoms with van der Waals surface area (Å²) in [5, 5.41) is 0. The average molecular weight is 389 g/mol. The van der Waals surface area contributed by atoms with Crippen LogP contribution in [-0.4, -0.2) is 0 Å². The topological polar surface area (TPSA) is 0 Å². The Hall–Kier alpha value is -0.260. The summed E-state index contributed by atoms with van der Waals surface area (Å²) in [7, 11) is 0. The molecule has 2 aliphatic rings. The second-order valence-electron chi connectivity index (χ2n) is 11.6. The highest BCUT2D eigenvalue weighted by Gasteiger charge is 2.55. The van der Waals surface area contributed by atoms with Crippen molar-refractivity contribution in [3.8, 4) is 0 Å². The van der Waals surface area contributed by atoms with Crippen LogP contribution in [-0.2, 0) is 0 Å². The van der Waals surface area contributed by atoms with Crippen LogP contribution in [0.1, 0.15) is 126 Å². The van der Waals surface area contributed by atoms with Crippen molar-refractivity contribution in [2.75, 3.05) is 0 Å². The van der Waals surface area contributed by atoms with Crippen LogP contribution in [0.5, 0.6) is 0 Å². The standard InChI is InChI=1S/C28H52/c1-9-11-19-27(7,22(5)6)26-18-20-28(8)23(15-13-12-14-21(3)4)16-17-25(28)24(26)10-2/h21,23-26H,5,9-20H2,1-4,6-8H3. The minimum absolute atomic E-state index is 0.355. The molecule has 0 aromatic carbocycles. The Bertz CT molecular complexity index is 488. The lowest BCUT2D eigenvalue weighted by atomic mass is 9.50. The Morgan fingerprint density at radius 3 is 2.39 bits per heavy atom. The van der Waals surface area contributed by atoms with Gasteiger partial charge in [-0.15, -0.1) is 0 Å². The molecule has 2 saturated carbocycles. The Morgan fingerprint density at radius 2 is 1.82 bits per heavy atom. The molecule has 0 amide bonds. The molecule has 0 saturated heterocycles. The van der Waals surface area contributed by atoms with Gasteiger partial charge in [-0.25, -0.2) is 0 Å². The quantitative estimate of drug-likeness (QED) is 0.244. The fraction of sp³-hybridized carbons (Fsp3) is 0.929. The molecule has 0 heteroatoms. The Kier molecular flexibility index (Phi) is 8.72. The van der Waals surface area contributed by atoms with E-state index < -0.39 is 0 Å². The van der Waals surface area contributed by atoms with E-state index in [4.69, 9.17) is 0 Å². The van der Waals surface area contributed by atoms with Gasteiger partial charge in [0.05, 0.1) is 0 Å². The van der Waals surface area contributed by atoms with Crippen molar-refractivity contribution in [1.29, 1.82) is 0 Å². The molecule has 164 valence electrons. The lowest BCUT2D eigenvalue weighted by Crippen LogP contribution is -2.46. The van der Waals surface area contributed by atoms with E-state index in [0.717, 1.165) is 29.6 Å². The molecule has 0 bridgehead atoms. The molecule has 6 atom stereocenters. The third-order valence-electron chi connectivity index (χ3n) is 9.53. The summed E-state index contributed by atoms with van der Waals surface area (Å²) in [4.78, 5) is 0. The summed E-state index contributed by atoms with van der Waals surface area (Å²) in [5.74, 6) is 4.60. The van der Waals surface area contributed by atoms with Crippen LogP contribution in [0.3, 0.4) is 0 Å². The predicted octanol–water partition coefficient (Wildman–Crippen LogP) is 9.44. The first kappa shape index (κ1) is 24.0. The monoisotopic (exact) mass is 388 g/mol. The van der Waals surface area contributed by atoms with E-state index in [-0.39, 0.29) is 0 Å². The van der Waals surface area contributed by atoms with E-state index in [0.29, 0.717) is 10.8 Å². The Labute approximate surface area is 178 Å². The second kappa shape index (κ2) is 10.2. The molecule has 0 N–H and O–H groups in total. The molecule has 0 nitrogen and oxygen atoms in total. The van der Waals surface area contributed by atoms with Crippen molar-refractivity contribution in [1.82, 2.24) is 0 Å².